The van der Waals surface area contributed by atoms with Crippen molar-refractivity contribution in [3.63, 3.8) is 0 Å². The van der Waals surface area contributed by atoms with E-state index < -0.39 is 17.2 Å². The molecule has 7 nitrogen and oxygen atoms in total. The molecule has 4 N–H and O–H groups in total. The number of nitrogens with one attached hydrogen (secondary N) is 1. The zero-order valence-corrected chi connectivity index (χ0v) is 11.9. The summed E-state index contributed by atoms with van der Waals surface area (Å²) >= 11 is 0. The number of carbonyl (C=O) groups is 1. The average Bonchev–Trinajstić information content (AvgIpc) is 2.81. The number of rotatable bonds is 1. The Bertz CT molecular complexity index is 938. The molecular weight excluding hydrogens is 298 g/mol. The molecule has 2 heterocycles. The van der Waals surface area contributed by atoms with Crippen molar-refractivity contribution in [3.8, 4) is 28.6 Å². The zero-order chi connectivity index (χ0) is 16.1. The van der Waals surface area contributed by atoms with E-state index in [1.165, 1.54) is 12.1 Å². The summed E-state index contributed by atoms with van der Waals surface area (Å²) < 4.78 is 1.87. The van der Waals surface area contributed by atoms with Crippen LogP contribution < -0.4 is 5.32 Å². The van der Waals surface area contributed by atoms with Gasteiger partial charge in [0.1, 0.15) is 5.82 Å². The minimum atomic E-state index is -0.571. The molecule has 1 aliphatic heterocycles. The first kappa shape index (κ1) is 13.4. The van der Waals surface area contributed by atoms with Gasteiger partial charge in [-0.2, -0.15) is 0 Å². The topological polar surface area (TPSA) is 108 Å². The van der Waals surface area contributed by atoms with Crippen LogP contribution in [0.15, 0.2) is 30.3 Å². The highest BCUT2D eigenvalue weighted by Crippen LogP contribution is 2.39. The maximum absolute atomic E-state index is 12.1. The van der Waals surface area contributed by atoms with Gasteiger partial charge in [0.2, 0.25) is 0 Å². The summed E-state index contributed by atoms with van der Waals surface area (Å²) in [6.07, 6.45) is 0. The van der Waals surface area contributed by atoms with E-state index in [2.05, 4.69) is 10.3 Å². The number of nitrogens with zero attached hydrogens (tertiary/aromatic N) is 2. The van der Waals surface area contributed by atoms with Crippen LogP contribution in [0, 0.1) is 0 Å². The van der Waals surface area contributed by atoms with E-state index in [0.29, 0.717) is 41.1 Å². The van der Waals surface area contributed by atoms with Crippen molar-refractivity contribution in [1.29, 1.82) is 0 Å². The molecule has 0 atom stereocenters. The second-order valence-electron chi connectivity index (χ2n) is 5.38. The van der Waals surface area contributed by atoms with Gasteiger partial charge in [0.05, 0.1) is 16.6 Å². The maximum atomic E-state index is 12.1. The summed E-state index contributed by atoms with van der Waals surface area (Å²) in [5, 5.41) is 31.8. The molecule has 116 valence electrons. The predicted octanol–water partition coefficient (Wildman–Crippen LogP) is 1.56. The van der Waals surface area contributed by atoms with Crippen molar-refractivity contribution in [2.24, 2.45) is 0 Å². The molecule has 0 saturated heterocycles. The van der Waals surface area contributed by atoms with Crippen LogP contribution in [-0.2, 0) is 6.54 Å². The van der Waals surface area contributed by atoms with E-state index in [1.807, 2.05) is 4.57 Å². The second kappa shape index (κ2) is 4.64. The van der Waals surface area contributed by atoms with Gasteiger partial charge < -0.3 is 25.2 Å². The van der Waals surface area contributed by atoms with Gasteiger partial charge in [-0.3, -0.25) is 4.79 Å². The third kappa shape index (κ3) is 1.90. The Labute approximate surface area is 130 Å². The van der Waals surface area contributed by atoms with E-state index in [9.17, 15) is 20.1 Å². The lowest BCUT2D eigenvalue weighted by atomic mass is 10.1. The number of carbonyl (C=O) groups excluding carboxylic acids is 1. The smallest absolute Gasteiger partial charge is 0.253 e. The highest BCUT2D eigenvalue weighted by Gasteiger charge is 2.22. The first-order valence-corrected chi connectivity index (χ1v) is 7.09. The molecule has 3 aromatic rings. The standard InChI is InChI=1S/C16H13N3O4/c20-11-6-8(7-12(21)14(11)22)15-18-10-3-1-2-9-13(10)19(15)5-4-17-16(9)23/h1-3,6-7,20-22H,4-5H2,(H,17,23). The number of aromatic hydroxyl groups is 3. The van der Waals surface area contributed by atoms with E-state index in [-0.39, 0.29) is 5.91 Å². The van der Waals surface area contributed by atoms with Gasteiger partial charge in [0, 0.05) is 18.7 Å². The van der Waals surface area contributed by atoms with Crippen molar-refractivity contribution in [3.05, 3.63) is 35.9 Å². The van der Waals surface area contributed by atoms with Crippen LogP contribution in [0.1, 0.15) is 10.4 Å². The fourth-order valence-electron chi connectivity index (χ4n) is 2.92. The lowest BCUT2D eigenvalue weighted by Gasteiger charge is -2.09. The van der Waals surface area contributed by atoms with Crippen molar-refractivity contribution in [2.45, 2.75) is 6.54 Å². The number of hydrogen-bond donors (Lipinski definition) is 4. The van der Waals surface area contributed by atoms with Crippen LogP contribution >= 0.6 is 0 Å². The largest absolute Gasteiger partial charge is 0.504 e. The van der Waals surface area contributed by atoms with Gasteiger partial charge in [0.25, 0.3) is 5.91 Å². The Morgan fingerprint density at radius 3 is 2.61 bits per heavy atom. The Balaban J connectivity index is 2.04. The zero-order valence-electron chi connectivity index (χ0n) is 11.9. The molecule has 0 spiro atoms. The molecule has 0 saturated carbocycles. The van der Waals surface area contributed by atoms with Crippen LogP contribution in [0.4, 0.5) is 0 Å². The molecule has 1 aliphatic rings. The van der Waals surface area contributed by atoms with Gasteiger partial charge in [-0.25, -0.2) is 4.98 Å². The van der Waals surface area contributed by atoms with Gasteiger partial charge in [-0.1, -0.05) is 6.07 Å². The molecule has 0 radical (unpaired) electrons. The fourth-order valence-corrected chi connectivity index (χ4v) is 2.92. The normalized spacial score (nSPS) is 13.8. The second-order valence-corrected chi connectivity index (χ2v) is 5.38. The number of phenolic OH excluding ortho intramolecular Hbond substituents is 3. The molecule has 0 bridgehead atoms. The molecule has 23 heavy (non-hydrogen) atoms. The van der Waals surface area contributed by atoms with Crippen molar-refractivity contribution in [1.82, 2.24) is 14.9 Å². The van der Waals surface area contributed by atoms with Crippen molar-refractivity contribution < 1.29 is 20.1 Å². The molecule has 0 fully saturated rings. The molecule has 0 unspecified atom stereocenters. The van der Waals surface area contributed by atoms with E-state index in [1.54, 1.807) is 18.2 Å². The lowest BCUT2D eigenvalue weighted by molar-refractivity contribution is 0.0956. The summed E-state index contributed by atoms with van der Waals surface area (Å²) in [5.41, 5.74) is 2.35. The van der Waals surface area contributed by atoms with E-state index in [0.717, 1.165) is 0 Å². The van der Waals surface area contributed by atoms with Crippen LogP contribution in [0.5, 0.6) is 17.2 Å². The highest BCUT2D eigenvalue weighted by atomic mass is 16.3. The van der Waals surface area contributed by atoms with Crippen molar-refractivity contribution in [2.75, 3.05) is 6.54 Å². The monoisotopic (exact) mass is 311 g/mol. The first-order valence-electron chi connectivity index (χ1n) is 7.09. The summed E-state index contributed by atoms with van der Waals surface area (Å²) in [6, 6.07) is 7.96. The fraction of sp³-hybridized carbons (Fsp3) is 0.125. The predicted molar refractivity (Wildman–Crippen MR) is 82.5 cm³/mol. The summed E-state index contributed by atoms with van der Waals surface area (Å²) in [4.78, 5) is 16.6. The average molecular weight is 311 g/mol. The van der Waals surface area contributed by atoms with Crippen LogP contribution in [0.3, 0.4) is 0 Å². The quantitative estimate of drug-likeness (QED) is 0.510. The number of imidazole rings is 1. The Morgan fingerprint density at radius 2 is 1.87 bits per heavy atom. The SMILES string of the molecule is O=C1NCCn2c(-c3cc(O)c(O)c(O)c3)nc3cccc1c32. The van der Waals surface area contributed by atoms with Gasteiger partial charge in [-0.15, -0.1) is 0 Å². The summed E-state index contributed by atoms with van der Waals surface area (Å²) in [7, 11) is 0. The van der Waals surface area contributed by atoms with Crippen LogP contribution in [0.2, 0.25) is 0 Å². The maximum Gasteiger partial charge on any atom is 0.253 e. The molecule has 1 aromatic heterocycles. The number of amides is 1. The first-order chi connectivity index (χ1) is 11.1. The molecule has 1 amide bonds. The number of phenols is 3. The minimum absolute atomic E-state index is 0.155. The molecule has 0 aliphatic carbocycles. The molecular formula is C16H13N3O4. The van der Waals surface area contributed by atoms with E-state index in [4.69, 9.17) is 0 Å². The van der Waals surface area contributed by atoms with Crippen molar-refractivity contribution >= 4 is 16.9 Å². The Kier molecular flexibility index (Phi) is 2.71. The summed E-state index contributed by atoms with van der Waals surface area (Å²) in [6.45, 7) is 0.957. The molecule has 2 aromatic carbocycles. The lowest BCUT2D eigenvalue weighted by Crippen LogP contribution is -2.24. The number of aromatic nitrogens is 2. The van der Waals surface area contributed by atoms with E-state index >= 15 is 0 Å². The highest BCUT2D eigenvalue weighted by molar-refractivity contribution is 6.06. The van der Waals surface area contributed by atoms with Gasteiger partial charge >= 0.3 is 0 Å². The number of hydrogen-bond acceptors (Lipinski definition) is 5. The van der Waals surface area contributed by atoms with Gasteiger partial charge in [0.15, 0.2) is 17.2 Å². The number of benzene rings is 2. The molecule has 4 rings (SSSR count). The third-order valence-corrected chi connectivity index (χ3v) is 3.96. The Morgan fingerprint density at radius 1 is 1.13 bits per heavy atom. The third-order valence-electron chi connectivity index (χ3n) is 3.96. The summed E-state index contributed by atoms with van der Waals surface area (Å²) in [5.74, 6) is -1.07. The van der Waals surface area contributed by atoms with Crippen LogP contribution in [-0.4, -0.2) is 37.3 Å². The van der Waals surface area contributed by atoms with Gasteiger partial charge in [-0.05, 0) is 24.3 Å². The Hall–Kier alpha value is -3.22. The van der Waals surface area contributed by atoms with Crippen LogP contribution in [0.25, 0.3) is 22.4 Å². The minimum Gasteiger partial charge on any atom is -0.504 e. The number of para-hydroxylation sites is 1. The molecule has 7 heteroatoms.